The van der Waals surface area contributed by atoms with Crippen LogP contribution in [-0.4, -0.2) is 16.5 Å². The number of nitriles is 1. The topological polar surface area (TPSA) is 61.6 Å². The average molecular weight is 188 g/mol. The average Bonchev–Trinajstić information content (AvgIpc) is 3.02. The highest BCUT2D eigenvalue weighted by molar-refractivity contribution is 5.38. The highest BCUT2D eigenvalue weighted by Crippen LogP contribution is 2.31. The Labute approximate surface area is 83.0 Å². The molecule has 1 heterocycles. The molecule has 1 N–H and O–H groups in total. The summed E-state index contributed by atoms with van der Waals surface area (Å²) in [4.78, 5) is 7.83. The smallest absolute Gasteiger partial charge is 0.145 e. The number of hydrogen-bond acceptors (Lipinski definition) is 4. The van der Waals surface area contributed by atoms with Gasteiger partial charge in [-0.2, -0.15) is 5.26 Å². The van der Waals surface area contributed by atoms with Gasteiger partial charge in [-0.25, -0.2) is 9.97 Å². The SMILES string of the molecule is N#Cc1cc(NCCC2CC2)ncn1. The van der Waals surface area contributed by atoms with Crippen LogP contribution < -0.4 is 5.32 Å². The number of nitrogens with one attached hydrogen (secondary N) is 1. The molecule has 0 saturated heterocycles. The van der Waals surface area contributed by atoms with Gasteiger partial charge in [0.05, 0.1) is 0 Å². The van der Waals surface area contributed by atoms with Crippen LogP contribution in [0.4, 0.5) is 5.82 Å². The first kappa shape index (κ1) is 8.95. The summed E-state index contributed by atoms with van der Waals surface area (Å²) in [6, 6.07) is 3.66. The van der Waals surface area contributed by atoms with Crippen LogP contribution >= 0.6 is 0 Å². The molecular formula is C10H12N4. The van der Waals surface area contributed by atoms with Crippen molar-refractivity contribution >= 4 is 5.82 Å². The van der Waals surface area contributed by atoms with E-state index >= 15 is 0 Å². The first-order valence-corrected chi connectivity index (χ1v) is 4.84. The van der Waals surface area contributed by atoms with Gasteiger partial charge < -0.3 is 5.32 Å². The molecule has 0 unspecified atom stereocenters. The van der Waals surface area contributed by atoms with Gasteiger partial charge in [-0.15, -0.1) is 0 Å². The molecule has 14 heavy (non-hydrogen) atoms. The van der Waals surface area contributed by atoms with Gasteiger partial charge in [0.2, 0.25) is 0 Å². The lowest BCUT2D eigenvalue weighted by molar-refractivity contribution is 0.758. The van der Waals surface area contributed by atoms with Gasteiger partial charge in [0, 0.05) is 12.6 Å². The molecule has 0 atom stereocenters. The Balaban J connectivity index is 1.85. The highest BCUT2D eigenvalue weighted by atomic mass is 15.0. The van der Waals surface area contributed by atoms with Crippen molar-refractivity contribution in [2.75, 3.05) is 11.9 Å². The summed E-state index contributed by atoms with van der Waals surface area (Å²) < 4.78 is 0. The molecule has 4 heteroatoms. The van der Waals surface area contributed by atoms with Crippen molar-refractivity contribution in [1.82, 2.24) is 9.97 Å². The Morgan fingerprint density at radius 1 is 1.50 bits per heavy atom. The molecule has 1 aromatic rings. The fourth-order valence-corrected chi connectivity index (χ4v) is 1.33. The highest BCUT2D eigenvalue weighted by Gasteiger charge is 2.20. The van der Waals surface area contributed by atoms with Gasteiger partial charge in [-0.1, -0.05) is 12.8 Å². The molecule has 0 amide bonds. The van der Waals surface area contributed by atoms with Crippen LogP contribution in [-0.2, 0) is 0 Å². The van der Waals surface area contributed by atoms with E-state index in [0.717, 1.165) is 18.3 Å². The van der Waals surface area contributed by atoms with E-state index in [-0.39, 0.29) is 0 Å². The van der Waals surface area contributed by atoms with Gasteiger partial charge in [0.25, 0.3) is 0 Å². The molecule has 0 aromatic carbocycles. The third kappa shape index (κ3) is 2.43. The molecule has 4 nitrogen and oxygen atoms in total. The number of hydrogen-bond donors (Lipinski definition) is 1. The molecule has 72 valence electrons. The van der Waals surface area contributed by atoms with Crippen molar-refractivity contribution in [3.8, 4) is 6.07 Å². The quantitative estimate of drug-likeness (QED) is 0.778. The molecule has 1 aromatic heterocycles. The minimum atomic E-state index is 0.411. The summed E-state index contributed by atoms with van der Waals surface area (Å²) in [5.41, 5.74) is 0.411. The van der Waals surface area contributed by atoms with Crippen LogP contribution in [0, 0.1) is 17.2 Å². The van der Waals surface area contributed by atoms with Crippen LogP contribution in [0.2, 0.25) is 0 Å². The predicted molar refractivity (Wildman–Crippen MR) is 52.6 cm³/mol. The fourth-order valence-electron chi connectivity index (χ4n) is 1.33. The van der Waals surface area contributed by atoms with Gasteiger partial charge >= 0.3 is 0 Å². The lowest BCUT2D eigenvalue weighted by atomic mass is 10.3. The second kappa shape index (κ2) is 4.05. The maximum atomic E-state index is 8.62. The van der Waals surface area contributed by atoms with E-state index in [9.17, 15) is 0 Å². The van der Waals surface area contributed by atoms with Crippen molar-refractivity contribution in [2.45, 2.75) is 19.3 Å². The summed E-state index contributed by atoms with van der Waals surface area (Å²) in [6.07, 6.45) is 5.35. The molecule has 0 bridgehead atoms. The van der Waals surface area contributed by atoms with Crippen molar-refractivity contribution < 1.29 is 0 Å². The zero-order valence-corrected chi connectivity index (χ0v) is 7.90. The molecular weight excluding hydrogens is 176 g/mol. The normalized spacial score (nSPS) is 14.8. The van der Waals surface area contributed by atoms with Gasteiger partial charge in [0.1, 0.15) is 23.9 Å². The zero-order valence-electron chi connectivity index (χ0n) is 7.90. The number of anilines is 1. The van der Waals surface area contributed by atoms with E-state index in [1.165, 1.54) is 25.6 Å². The summed E-state index contributed by atoms with van der Waals surface area (Å²) >= 11 is 0. The Morgan fingerprint density at radius 3 is 3.07 bits per heavy atom. The fraction of sp³-hybridized carbons (Fsp3) is 0.500. The molecule has 0 spiro atoms. The molecule has 0 radical (unpaired) electrons. The maximum Gasteiger partial charge on any atom is 0.145 e. The Kier molecular flexibility index (Phi) is 2.59. The minimum absolute atomic E-state index is 0.411. The summed E-state index contributed by atoms with van der Waals surface area (Å²) in [6.45, 7) is 0.937. The first-order valence-electron chi connectivity index (χ1n) is 4.84. The van der Waals surface area contributed by atoms with E-state index in [0.29, 0.717) is 5.69 Å². The predicted octanol–water partition coefficient (Wildman–Crippen LogP) is 1.56. The molecule has 1 aliphatic rings. The van der Waals surface area contributed by atoms with Crippen molar-refractivity contribution in [3.63, 3.8) is 0 Å². The van der Waals surface area contributed by atoms with Crippen LogP contribution in [0.5, 0.6) is 0 Å². The standard InChI is InChI=1S/C10H12N4/c11-6-9-5-10(14-7-13-9)12-4-3-8-1-2-8/h5,7-8H,1-4H2,(H,12,13,14). The number of rotatable bonds is 4. The molecule has 2 rings (SSSR count). The van der Waals surface area contributed by atoms with E-state index in [1.54, 1.807) is 6.07 Å². The van der Waals surface area contributed by atoms with Crippen molar-refractivity contribution in [3.05, 3.63) is 18.1 Å². The third-order valence-corrected chi connectivity index (χ3v) is 2.34. The molecule has 1 aliphatic carbocycles. The van der Waals surface area contributed by atoms with Gasteiger partial charge in [-0.05, 0) is 12.3 Å². The van der Waals surface area contributed by atoms with Gasteiger partial charge in [-0.3, -0.25) is 0 Å². The van der Waals surface area contributed by atoms with E-state index < -0.39 is 0 Å². The zero-order chi connectivity index (χ0) is 9.80. The summed E-state index contributed by atoms with van der Waals surface area (Å²) in [5, 5.41) is 11.8. The number of nitrogens with zero attached hydrogens (tertiary/aromatic N) is 3. The summed E-state index contributed by atoms with van der Waals surface area (Å²) in [5.74, 6) is 1.66. The second-order valence-corrected chi connectivity index (χ2v) is 3.56. The third-order valence-electron chi connectivity index (χ3n) is 2.34. The van der Waals surface area contributed by atoms with E-state index in [2.05, 4.69) is 15.3 Å². The van der Waals surface area contributed by atoms with Crippen LogP contribution in [0.25, 0.3) is 0 Å². The van der Waals surface area contributed by atoms with E-state index in [4.69, 9.17) is 5.26 Å². The van der Waals surface area contributed by atoms with Gasteiger partial charge in [0.15, 0.2) is 0 Å². The Hall–Kier alpha value is -1.63. The van der Waals surface area contributed by atoms with Crippen molar-refractivity contribution in [2.24, 2.45) is 5.92 Å². The second-order valence-electron chi connectivity index (χ2n) is 3.56. The largest absolute Gasteiger partial charge is 0.370 e. The summed E-state index contributed by atoms with van der Waals surface area (Å²) in [7, 11) is 0. The Bertz CT molecular complexity index is 351. The molecule has 1 saturated carbocycles. The lowest BCUT2D eigenvalue weighted by Crippen LogP contribution is -2.04. The van der Waals surface area contributed by atoms with Crippen molar-refractivity contribution in [1.29, 1.82) is 5.26 Å². The minimum Gasteiger partial charge on any atom is -0.370 e. The first-order chi connectivity index (χ1) is 6.88. The monoisotopic (exact) mass is 188 g/mol. The lowest BCUT2D eigenvalue weighted by Gasteiger charge is -2.03. The molecule has 0 aliphatic heterocycles. The Morgan fingerprint density at radius 2 is 2.36 bits per heavy atom. The van der Waals surface area contributed by atoms with Crippen LogP contribution in [0.1, 0.15) is 25.0 Å². The maximum absolute atomic E-state index is 8.62. The van der Waals surface area contributed by atoms with E-state index in [1.807, 2.05) is 6.07 Å². The molecule has 1 fully saturated rings. The number of aromatic nitrogens is 2. The van der Waals surface area contributed by atoms with Crippen LogP contribution in [0.3, 0.4) is 0 Å². The van der Waals surface area contributed by atoms with Crippen LogP contribution in [0.15, 0.2) is 12.4 Å².